The highest BCUT2D eigenvalue weighted by Crippen LogP contribution is 2.41. The van der Waals surface area contributed by atoms with E-state index in [0.29, 0.717) is 188 Å². The van der Waals surface area contributed by atoms with Crippen molar-refractivity contribution in [3.8, 4) is 91.2 Å². The number of unbranched alkanes of at least 4 members (excludes halogenated alkanes) is 7. The summed E-state index contributed by atoms with van der Waals surface area (Å²) >= 11 is 0. The number of nitrogens with zero attached hydrogens (tertiary/aromatic N) is 1. The molecule has 0 saturated carbocycles. The lowest BCUT2D eigenvalue weighted by molar-refractivity contribution is -0.116. The lowest BCUT2D eigenvalue weighted by atomic mass is 10.0. The first-order valence-electron chi connectivity index (χ1n) is 45.4. The van der Waals surface area contributed by atoms with Crippen molar-refractivity contribution < 1.29 is 141 Å². The Morgan fingerprint density at radius 2 is 0.547 bits per heavy atom. The molecule has 0 amide bonds. The van der Waals surface area contributed by atoms with E-state index in [-0.39, 0.29) is 47.3 Å². The number of carbonyl (C=O) groups excluding carboxylic acids is 14. The second kappa shape index (κ2) is 64.8. The maximum Gasteiger partial charge on any atom is 0.261 e. The van der Waals surface area contributed by atoms with Crippen LogP contribution in [0.15, 0.2) is 277 Å². The molecule has 1 heterocycles. The van der Waals surface area contributed by atoms with Crippen LogP contribution in [0.4, 0.5) is 0 Å². The number of pyridine rings is 1. The lowest BCUT2D eigenvalue weighted by Crippen LogP contribution is -2.10. The minimum absolute atomic E-state index is 0.0286. The van der Waals surface area contributed by atoms with Crippen molar-refractivity contribution in [1.29, 1.82) is 0 Å². The normalized spacial score (nSPS) is 10.4. The van der Waals surface area contributed by atoms with Gasteiger partial charge in [-0.1, -0.05) is 148 Å². The summed E-state index contributed by atoms with van der Waals surface area (Å²) in [6.07, 6.45) is 21.0. The molecule has 148 heavy (non-hydrogen) atoms. The molecule has 0 N–H and O–H groups in total. The third kappa shape index (κ3) is 38.7. The summed E-state index contributed by atoms with van der Waals surface area (Å²) in [5.41, 5.74) is 12.0. The van der Waals surface area contributed by atoms with Gasteiger partial charge in [0.05, 0.1) is 82.5 Å². The van der Waals surface area contributed by atoms with Crippen molar-refractivity contribution in [2.45, 2.75) is 73.5 Å². The molecule has 0 radical (unpaired) electrons. The third-order valence-corrected chi connectivity index (χ3v) is 24.0. The van der Waals surface area contributed by atoms with Crippen LogP contribution in [0, 0.1) is 0 Å². The maximum absolute atomic E-state index is 11.4. The zero-order valence-electron chi connectivity index (χ0n) is 81.4. The highest BCUT2D eigenvalue weighted by Gasteiger charge is 2.25. The van der Waals surface area contributed by atoms with Crippen LogP contribution in [0.3, 0.4) is 0 Å². The van der Waals surface area contributed by atoms with Crippen LogP contribution in [0.1, 0.15) is 198 Å². The van der Waals surface area contributed by atoms with Gasteiger partial charge in [0.15, 0.2) is 82.6 Å². The molecular weight excluding hydrogens is 1990 g/mol. The van der Waals surface area contributed by atoms with Gasteiger partial charge in [-0.05, 0) is 204 Å². The Hall–Kier alpha value is -16.8. The van der Waals surface area contributed by atoms with E-state index in [4.69, 9.17) is 78.2 Å². The van der Waals surface area contributed by atoms with Gasteiger partial charge in [-0.2, -0.15) is 0 Å². The van der Waals surface area contributed by atoms with Gasteiger partial charge in [-0.3, -0.25) is 62.5 Å². The molecule has 0 atom stereocenters. The summed E-state index contributed by atoms with van der Waals surface area (Å²) in [6, 6.07) is 72.6. The second-order valence-electron chi connectivity index (χ2n) is 31.0. The van der Waals surface area contributed by atoms with Crippen LogP contribution in [-0.4, -0.2) is 192 Å². The molecule has 0 aliphatic heterocycles. The van der Waals surface area contributed by atoms with Gasteiger partial charge >= 0.3 is 0 Å². The van der Waals surface area contributed by atoms with Crippen molar-refractivity contribution in [3.05, 3.63) is 351 Å². The quantitative estimate of drug-likeness (QED) is 0.0148. The molecule has 14 rings (SSSR count). The Labute approximate surface area is 865 Å². The predicted molar refractivity (Wildman–Crippen MR) is 557 cm³/mol. The van der Waals surface area contributed by atoms with Gasteiger partial charge in [0.25, 0.3) is 18.1 Å². The topological polar surface area (TPSA) is 431 Å². The number of para-hydroxylation sites is 2. The number of carbonyl (C=O) groups is 14. The predicted octanol–water partition coefficient (Wildman–Crippen LogP) is 20.8. The Morgan fingerprint density at radius 1 is 0.257 bits per heavy atom. The van der Waals surface area contributed by atoms with Crippen molar-refractivity contribution in [3.63, 3.8) is 0 Å². The Balaban J connectivity index is 0.000000234. The first-order valence-corrected chi connectivity index (χ1v) is 50.0. The third-order valence-electron chi connectivity index (χ3n) is 21.3. The molecule has 1 aromatic heterocycles. The second-order valence-corrected chi connectivity index (χ2v) is 36.2. The number of ether oxygens (including phenoxy) is 12. The molecule has 0 fully saturated rings. The van der Waals surface area contributed by atoms with Gasteiger partial charge in [0.1, 0.15) is 107 Å². The largest absolute Gasteiger partial charge is 0.493 e. The molecule has 31 nitrogen and oxygen atoms in total. The highest BCUT2D eigenvalue weighted by molar-refractivity contribution is 8.14. The van der Waals surface area contributed by atoms with E-state index in [2.05, 4.69) is 4.98 Å². The standard InChI is InChI=1S/C26H34O6.C18H18O6.C16H14O4.C14H10O2.C13H8Cl2O4S2.C10H10O4.C8H7NO2.C8H6O2/c1-29-23-13-11-21(19-27)17-25(23)31-15-9-7-5-3-4-6-8-10-16-32-26-18-22(20-28)12-14-24(26)30-2;1-21-15-5-3-13(11-19)9-17(15)23-7-8-24-18-10-14(12-20)4-6-16(18)22-2;17-11-13-5-1-3-7-15(13)19-9-10-20-16-8-4-2-6-14(16)12-18;15-9-11-1-5-13(6-2-11)14-7-3-12(10-16)4-8-14;14-20(16,17)10-1-3-12-8(6-10)5-9-7-11(21(15,18)19)2-4-13(9)12;1-13-9-3-7(5-11)8(6-12)4-10(9)14-2;10-5-7(6-11)8-3-1-2-4-9-8;9-5-7-2-1-3-8(4-7)6-10/h11-14,17-20H,3-10,15-16H2,1-2H3;3-6,9-12H,7-8H2,1-2H3;1-8,11-12H,9-10H2;1-10H;1-4,6-7H,5H2;3-6H,1-2H3;1-7H;1-6H. The number of benzene rings is 12. The van der Waals surface area contributed by atoms with Gasteiger partial charge in [-0.15, -0.1) is 0 Å². The smallest absolute Gasteiger partial charge is 0.261 e. The van der Waals surface area contributed by atoms with Crippen molar-refractivity contribution in [2.24, 2.45) is 0 Å². The molecular formula is C113H107Cl2NO30S2. The van der Waals surface area contributed by atoms with E-state index in [1.165, 1.54) is 90.5 Å². The minimum Gasteiger partial charge on any atom is -0.493 e. The molecule has 0 saturated heterocycles. The van der Waals surface area contributed by atoms with Gasteiger partial charge in [-0.25, -0.2) is 16.8 Å². The monoisotopic (exact) mass is 2090 g/mol. The van der Waals surface area contributed by atoms with Crippen LogP contribution >= 0.6 is 21.4 Å². The summed E-state index contributed by atoms with van der Waals surface area (Å²) in [4.78, 5) is 152. The fourth-order valence-corrected chi connectivity index (χ4v) is 15.3. The molecule has 35 heteroatoms. The minimum atomic E-state index is -3.79. The zero-order chi connectivity index (χ0) is 107. The van der Waals surface area contributed by atoms with Crippen LogP contribution < -0.4 is 56.8 Å². The fourth-order valence-electron chi connectivity index (χ4n) is 13.7. The fraction of sp³-hybridized carbons (Fsp3) is 0.195. The van der Waals surface area contributed by atoms with Crippen molar-refractivity contribution >= 4 is 127 Å². The van der Waals surface area contributed by atoms with Gasteiger partial charge in [0, 0.05) is 83.2 Å². The number of fused-ring (bicyclic) bond motifs is 3. The van der Waals surface area contributed by atoms with Crippen molar-refractivity contribution in [1.82, 2.24) is 4.98 Å². The van der Waals surface area contributed by atoms with E-state index in [1.54, 1.807) is 221 Å². The SMILES string of the molecule is COc1cc(C=O)c(C=O)cc1OC.COc1ccc(C=O)cc1OCCCCCCCCCCOc1cc(C=O)ccc1OC.COc1ccc(C=O)cc1OCCOc1cc(C=O)ccc1OC.O=CC(C=O)c1ccccn1.O=Cc1ccc(-c2ccc(C=O)cc2)cc1.O=Cc1cccc(C=O)c1.O=Cc1ccccc1OCCOc1ccccc1C=O.O=S(=O)(Cl)c1ccc2c(c1)Cc1cc(S(=O)(=O)Cl)ccc1-2. The van der Waals surface area contributed by atoms with Crippen molar-refractivity contribution in [2.75, 3.05) is 82.3 Å². The Kier molecular flexibility index (Phi) is 51.8. The van der Waals surface area contributed by atoms with Gasteiger partial charge < -0.3 is 66.4 Å². The van der Waals surface area contributed by atoms with E-state index in [0.717, 1.165) is 109 Å². The first kappa shape index (κ1) is 118. The molecule has 0 unspecified atom stereocenters. The van der Waals surface area contributed by atoms with Crippen LogP contribution in [0.5, 0.6) is 69.0 Å². The van der Waals surface area contributed by atoms with Crippen LogP contribution in [0.25, 0.3) is 22.3 Å². The Morgan fingerprint density at radius 3 is 0.838 bits per heavy atom. The number of methoxy groups -OCH3 is 6. The summed E-state index contributed by atoms with van der Waals surface area (Å²) < 4.78 is 110. The van der Waals surface area contributed by atoms with Crippen LogP contribution in [0.2, 0.25) is 0 Å². The molecule has 770 valence electrons. The molecule has 0 bridgehead atoms. The van der Waals surface area contributed by atoms with Crippen LogP contribution in [-0.2, 0) is 34.1 Å². The Bertz CT molecular complexity index is 6450. The average molecular weight is 2090 g/mol. The first-order chi connectivity index (χ1) is 71.8. The van der Waals surface area contributed by atoms with E-state index in [9.17, 15) is 84.0 Å². The molecule has 12 aromatic carbocycles. The molecule has 1 aliphatic rings. The summed E-state index contributed by atoms with van der Waals surface area (Å²) in [7, 11) is 12.3. The zero-order valence-corrected chi connectivity index (χ0v) is 84.6. The average Bonchev–Trinajstić information content (AvgIpc) is 1.62. The molecule has 1 aliphatic carbocycles. The number of halogens is 2. The maximum atomic E-state index is 11.4. The molecule has 13 aromatic rings. The number of aromatic nitrogens is 1. The lowest BCUT2D eigenvalue weighted by Gasteiger charge is -2.13. The number of aldehydes is 14. The summed E-state index contributed by atoms with van der Waals surface area (Å²) in [5, 5.41) is 0. The van der Waals surface area contributed by atoms with E-state index < -0.39 is 24.0 Å². The van der Waals surface area contributed by atoms with E-state index in [1.807, 2.05) is 24.3 Å². The molecule has 0 spiro atoms. The highest BCUT2D eigenvalue weighted by atomic mass is 35.7. The number of rotatable bonds is 47. The summed E-state index contributed by atoms with van der Waals surface area (Å²) in [6.45, 7) is 2.27. The number of hydrogen-bond donors (Lipinski definition) is 0. The van der Waals surface area contributed by atoms with E-state index >= 15 is 0 Å². The number of hydrogen-bond acceptors (Lipinski definition) is 31. The summed E-state index contributed by atoms with van der Waals surface area (Å²) in [5.74, 6) is 5.70. The van der Waals surface area contributed by atoms with Gasteiger partial charge in [0.2, 0.25) is 0 Å².